The SMILES string of the molecule is O=C(OCc1ccccc1)N1CCC(C(=O)N2CCCN(c3nccs3)CC2)CC1. The van der Waals surface area contributed by atoms with Gasteiger partial charge < -0.3 is 19.4 Å². The van der Waals surface area contributed by atoms with Crippen molar-refractivity contribution in [1.82, 2.24) is 14.8 Å². The molecule has 3 heterocycles. The molecule has 0 saturated carbocycles. The van der Waals surface area contributed by atoms with Crippen LogP contribution in [0.4, 0.5) is 9.93 Å². The fourth-order valence-electron chi connectivity index (χ4n) is 4.08. The minimum atomic E-state index is -0.293. The summed E-state index contributed by atoms with van der Waals surface area (Å²) in [5, 5.41) is 3.02. The van der Waals surface area contributed by atoms with Gasteiger partial charge in [-0.15, -0.1) is 11.3 Å². The highest BCUT2D eigenvalue weighted by atomic mass is 32.1. The van der Waals surface area contributed by atoms with Crippen LogP contribution in [0, 0.1) is 5.92 Å². The normalized spacial score (nSPS) is 18.2. The molecule has 2 fully saturated rings. The van der Waals surface area contributed by atoms with Gasteiger partial charge >= 0.3 is 6.09 Å². The molecule has 160 valence electrons. The van der Waals surface area contributed by atoms with Gasteiger partial charge in [-0.05, 0) is 24.8 Å². The predicted molar refractivity (Wildman–Crippen MR) is 116 cm³/mol. The standard InChI is InChI=1S/C22H28N4O3S/c27-20(24-10-4-11-25(15-14-24)21-23-9-16-30-21)19-7-12-26(13-8-19)22(28)29-17-18-5-2-1-3-6-18/h1-3,5-6,9,16,19H,4,7-8,10-15,17H2. The zero-order chi connectivity index (χ0) is 20.8. The van der Waals surface area contributed by atoms with E-state index in [0.29, 0.717) is 25.9 Å². The summed E-state index contributed by atoms with van der Waals surface area (Å²) in [5.41, 5.74) is 0.976. The van der Waals surface area contributed by atoms with Crippen molar-refractivity contribution in [2.45, 2.75) is 25.9 Å². The van der Waals surface area contributed by atoms with Gasteiger partial charge in [0.05, 0.1) is 0 Å². The first-order chi connectivity index (χ1) is 14.7. The quantitative estimate of drug-likeness (QED) is 0.748. The third-order valence-corrected chi connectivity index (χ3v) is 6.64. The molecule has 2 aliphatic heterocycles. The molecule has 7 nitrogen and oxygen atoms in total. The van der Waals surface area contributed by atoms with Gasteiger partial charge in [-0.3, -0.25) is 4.79 Å². The molecule has 0 atom stereocenters. The maximum atomic E-state index is 13.0. The van der Waals surface area contributed by atoms with E-state index in [1.54, 1.807) is 16.2 Å². The Hall–Kier alpha value is -2.61. The van der Waals surface area contributed by atoms with Crippen molar-refractivity contribution in [3.63, 3.8) is 0 Å². The fraction of sp³-hybridized carbons (Fsp3) is 0.500. The van der Waals surface area contributed by atoms with Gasteiger partial charge in [-0.1, -0.05) is 30.3 Å². The lowest BCUT2D eigenvalue weighted by Gasteiger charge is -2.33. The number of benzene rings is 1. The third-order valence-electron chi connectivity index (χ3n) is 5.80. The smallest absolute Gasteiger partial charge is 0.410 e. The van der Waals surface area contributed by atoms with E-state index in [1.807, 2.05) is 46.8 Å². The zero-order valence-electron chi connectivity index (χ0n) is 17.1. The number of carbonyl (C=O) groups is 2. The van der Waals surface area contributed by atoms with Crippen LogP contribution in [-0.4, -0.2) is 66.1 Å². The maximum Gasteiger partial charge on any atom is 0.410 e. The number of likely N-dealkylation sites (tertiary alicyclic amines) is 1. The van der Waals surface area contributed by atoms with E-state index >= 15 is 0 Å². The third kappa shape index (κ3) is 5.11. The first-order valence-corrected chi connectivity index (χ1v) is 11.5. The minimum Gasteiger partial charge on any atom is -0.445 e. The molecule has 8 heteroatoms. The maximum absolute atomic E-state index is 13.0. The summed E-state index contributed by atoms with van der Waals surface area (Å²) in [4.78, 5) is 35.8. The van der Waals surface area contributed by atoms with Crippen LogP contribution in [-0.2, 0) is 16.1 Å². The van der Waals surface area contributed by atoms with Crippen LogP contribution in [0.15, 0.2) is 41.9 Å². The van der Waals surface area contributed by atoms with E-state index in [9.17, 15) is 9.59 Å². The van der Waals surface area contributed by atoms with Crippen molar-refractivity contribution in [2.24, 2.45) is 5.92 Å². The number of nitrogens with zero attached hydrogens (tertiary/aromatic N) is 4. The van der Waals surface area contributed by atoms with Crippen molar-refractivity contribution in [3.8, 4) is 0 Å². The fourth-order valence-corrected chi connectivity index (χ4v) is 4.78. The predicted octanol–water partition coefficient (Wildman–Crippen LogP) is 3.23. The number of piperidine rings is 1. The number of ether oxygens (including phenoxy) is 1. The second-order valence-corrected chi connectivity index (χ2v) is 8.66. The molecule has 1 aromatic heterocycles. The average molecular weight is 429 g/mol. The molecular formula is C22H28N4O3S. The Balaban J connectivity index is 1.22. The van der Waals surface area contributed by atoms with Gasteiger partial charge in [0.25, 0.3) is 0 Å². The van der Waals surface area contributed by atoms with Crippen molar-refractivity contribution < 1.29 is 14.3 Å². The van der Waals surface area contributed by atoms with Gasteiger partial charge in [-0.25, -0.2) is 9.78 Å². The minimum absolute atomic E-state index is 0.00501. The Labute approximate surface area is 181 Å². The number of amides is 2. The summed E-state index contributed by atoms with van der Waals surface area (Å²) in [5.74, 6) is 0.225. The molecule has 0 bridgehead atoms. The summed E-state index contributed by atoms with van der Waals surface area (Å²) in [6, 6.07) is 9.68. The van der Waals surface area contributed by atoms with Gasteiger partial charge in [-0.2, -0.15) is 0 Å². The number of rotatable bonds is 4. The summed E-state index contributed by atoms with van der Waals surface area (Å²) in [6.07, 6.45) is 3.89. The topological polar surface area (TPSA) is 66.0 Å². The Morgan fingerprint density at radius 3 is 2.53 bits per heavy atom. The van der Waals surface area contributed by atoms with E-state index < -0.39 is 0 Å². The Kier molecular flexibility index (Phi) is 6.84. The van der Waals surface area contributed by atoms with E-state index in [4.69, 9.17) is 4.74 Å². The highest BCUT2D eigenvalue weighted by molar-refractivity contribution is 7.13. The van der Waals surface area contributed by atoms with Gasteiger partial charge in [0.1, 0.15) is 6.61 Å². The van der Waals surface area contributed by atoms with Crippen LogP contribution in [0.3, 0.4) is 0 Å². The Bertz CT molecular complexity index is 822. The molecule has 0 spiro atoms. The lowest BCUT2D eigenvalue weighted by atomic mass is 9.95. The summed E-state index contributed by atoms with van der Waals surface area (Å²) in [7, 11) is 0. The molecular weight excluding hydrogens is 400 g/mol. The van der Waals surface area contributed by atoms with Crippen molar-refractivity contribution >= 4 is 28.5 Å². The van der Waals surface area contributed by atoms with Crippen LogP contribution >= 0.6 is 11.3 Å². The lowest BCUT2D eigenvalue weighted by Crippen LogP contribution is -2.45. The summed E-state index contributed by atoms with van der Waals surface area (Å²) in [6.45, 7) is 4.71. The molecule has 0 radical (unpaired) electrons. The van der Waals surface area contributed by atoms with Crippen molar-refractivity contribution in [1.29, 1.82) is 0 Å². The number of thiazole rings is 1. The molecule has 2 amide bonds. The highest BCUT2D eigenvalue weighted by Crippen LogP contribution is 2.23. The van der Waals surface area contributed by atoms with Gasteiger partial charge in [0.15, 0.2) is 5.13 Å². The highest BCUT2D eigenvalue weighted by Gasteiger charge is 2.31. The second kappa shape index (κ2) is 9.93. The molecule has 0 aliphatic carbocycles. The first-order valence-electron chi connectivity index (χ1n) is 10.6. The molecule has 2 aliphatic rings. The molecule has 0 unspecified atom stereocenters. The summed E-state index contributed by atoms with van der Waals surface area (Å²) < 4.78 is 5.42. The summed E-state index contributed by atoms with van der Waals surface area (Å²) >= 11 is 1.64. The van der Waals surface area contributed by atoms with Crippen LogP contribution in [0.2, 0.25) is 0 Å². The Morgan fingerprint density at radius 1 is 1.00 bits per heavy atom. The van der Waals surface area contributed by atoms with Gasteiger partial charge in [0.2, 0.25) is 5.91 Å². The second-order valence-electron chi connectivity index (χ2n) is 7.78. The molecule has 1 aromatic carbocycles. The first kappa shape index (κ1) is 20.7. The molecule has 2 saturated heterocycles. The molecule has 4 rings (SSSR count). The number of hydrogen-bond acceptors (Lipinski definition) is 6. The van der Waals surface area contributed by atoms with Crippen LogP contribution in [0.5, 0.6) is 0 Å². The monoisotopic (exact) mass is 428 g/mol. The van der Waals surface area contributed by atoms with Gasteiger partial charge in [0, 0.05) is 56.8 Å². The lowest BCUT2D eigenvalue weighted by molar-refractivity contribution is -0.136. The van der Waals surface area contributed by atoms with Crippen LogP contribution in [0.1, 0.15) is 24.8 Å². The van der Waals surface area contributed by atoms with Crippen molar-refractivity contribution in [3.05, 3.63) is 47.5 Å². The number of anilines is 1. The van der Waals surface area contributed by atoms with E-state index in [2.05, 4.69) is 9.88 Å². The van der Waals surface area contributed by atoms with Crippen LogP contribution in [0.25, 0.3) is 0 Å². The zero-order valence-corrected chi connectivity index (χ0v) is 17.9. The average Bonchev–Trinajstić information content (AvgIpc) is 3.22. The number of aromatic nitrogens is 1. The molecule has 2 aromatic rings. The molecule has 30 heavy (non-hydrogen) atoms. The Morgan fingerprint density at radius 2 is 1.80 bits per heavy atom. The number of hydrogen-bond donors (Lipinski definition) is 0. The van der Waals surface area contributed by atoms with E-state index in [0.717, 1.165) is 43.3 Å². The van der Waals surface area contributed by atoms with Crippen LogP contribution < -0.4 is 4.90 Å². The number of carbonyl (C=O) groups excluding carboxylic acids is 2. The molecule has 0 N–H and O–H groups in total. The van der Waals surface area contributed by atoms with E-state index in [-0.39, 0.29) is 24.5 Å². The van der Waals surface area contributed by atoms with E-state index in [1.165, 1.54) is 0 Å². The van der Waals surface area contributed by atoms with Crippen molar-refractivity contribution in [2.75, 3.05) is 44.2 Å². The largest absolute Gasteiger partial charge is 0.445 e.